The molecule has 2 heterocycles. The Balaban J connectivity index is 1.40. The molecule has 7 heteroatoms. The van der Waals surface area contributed by atoms with Gasteiger partial charge in [-0.2, -0.15) is 0 Å². The van der Waals surface area contributed by atoms with Crippen molar-refractivity contribution < 1.29 is 14.3 Å². The van der Waals surface area contributed by atoms with E-state index >= 15 is 0 Å². The Labute approximate surface area is 173 Å². The second-order valence-corrected chi connectivity index (χ2v) is 7.47. The maximum atomic E-state index is 11.9. The lowest BCUT2D eigenvalue weighted by atomic mass is 10.1. The van der Waals surface area contributed by atoms with Gasteiger partial charge in [0.2, 0.25) is 5.91 Å². The molecule has 3 rings (SSSR count). The Morgan fingerprint density at radius 1 is 1.24 bits per heavy atom. The molecule has 2 aliphatic heterocycles. The first-order chi connectivity index (χ1) is 14.3. The van der Waals surface area contributed by atoms with Crippen LogP contribution >= 0.6 is 0 Å². The summed E-state index contributed by atoms with van der Waals surface area (Å²) >= 11 is 0. The standard InChI is InChI=1S/C22H34N4O3/c1-2-23-22(24-12-4-14-29-20-10-15-28-16-11-20)25-17-18-6-8-19(9-7-18)26-13-3-5-21(26)27/h6-9,20H,2-5,10-17H2,1H3,(H2,23,24,25). The lowest BCUT2D eigenvalue weighted by Crippen LogP contribution is -2.38. The molecule has 1 amide bonds. The summed E-state index contributed by atoms with van der Waals surface area (Å²) in [5, 5.41) is 6.66. The SMILES string of the molecule is CCNC(=NCc1ccc(N2CCCC2=O)cc1)NCCCOC1CCOCC1. The molecule has 0 bridgehead atoms. The Hall–Kier alpha value is -2.12. The minimum atomic E-state index is 0.218. The summed E-state index contributed by atoms with van der Waals surface area (Å²) in [6, 6.07) is 8.13. The molecular weight excluding hydrogens is 368 g/mol. The number of hydrogen-bond donors (Lipinski definition) is 2. The molecule has 29 heavy (non-hydrogen) atoms. The van der Waals surface area contributed by atoms with Gasteiger partial charge in [-0.25, -0.2) is 4.99 Å². The molecule has 0 atom stereocenters. The topological polar surface area (TPSA) is 75.2 Å². The minimum absolute atomic E-state index is 0.218. The van der Waals surface area contributed by atoms with Gasteiger partial charge in [0.15, 0.2) is 5.96 Å². The first kappa shape index (κ1) is 21.6. The summed E-state index contributed by atoms with van der Waals surface area (Å²) in [7, 11) is 0. The Bertz CT molecular complexity index is 657. The van der Waals surface area contributed by atoms with Gasteiger partial charge in [-0.1, -0.05) is 12.1 Å². The van der Waals surface area contributed by atoms with Gasteiger partial charge < -0.3 is 25.0 Å². The highest BCUT2D eigenvalue weighted by atomic mass is 16.5. The summed E-state index contributed by atoms with van der Waals surface area (Å²) < 4.78 is 11.3. The van der Waals surface area contributed by atoms with E-state index in [9.17, 15) is 4.79 Å². The van der Waals surface area contributed by atoms with Crippen molar-refractivity contribution in [3.63, 3.8) is 0 Å². The number of aliphatic imine (C=N–C) groups is 1. The van der Waals surface area contributed by atoms with Gasteiger partial charge in [-0.05, 0) is 50.3 Å². The third-order valence-corrected chi connectivity index (χ3v) is 5.22. The van der Waals surface area contributed by atoms with E-state index in [1.54, 1.807) is 0 Å². The summed E-state index contributed by atoms with van der Waals surface area (Å²) in [6.45, 7) is 7.52. The molecule has 0 saturated carbocycles. The molecule has 2 saturated heterocycles. The Kier molecular flexibility index (Phi) is 8.77. The van der Waals surface area contributed by atoms with E-state index in [0.29, 0.717) is 19.1 Å². The molecule has 2 N–H and O–H groups in total. The van der Waals surface area contributed by atoms with Crippen LogP contribution < -0.4 is 15.5 Å². The van der Waals surface area contributed by atoms with Crippen LogP contribution in [0.2, 0.25) is 0 Å². The number of carbonyl (C=O) groups excluding carboxylic acids is 1. The molecule has 0 spiro atoms. The van der Waals surface area contributed by atoms with Gasteiger partial charge >= 0.3 is 0 Å². The highest BCUT2D eigenvalue weighted by Gasteiger charge is 2.21. The predicted molar refractivity (Wildman–Crippen MR) is 115 cm³/mol. The summed E-state index contributed by atoms with van der Waals surface area (Å²) in [5.74, 6) is 1.03. The van der Waals surface area contributed by atoms with Gasteiger partial charge in [-0.15, -0.1) is 0 Å². The lowest BCUT2D eigenvalue weighted by molar-refractivity contribution is -0.117. The molecule has 1 aromatic rings. The third-order valence-electron chi connectivity index (χ3n) is 5.22. The third kappa shape index (κ3) is 7.01. The molecule has 2 aliphatic rings. The van der Waals surface area contributed by atoms with Crippen LogP contribution in [0.3, 0.4) is 0 Å². The quantitative estimate of drug-likeness (QED) is 0.377. The highest BCUT2D eigenvalue weighted by Crippen LogP contribution is 2.21. The number of carbonyl (C=O) groups is 1. The molecule has 0 aromatic heterocycles. The minimum Gasteiger partial charge on any atom is -0.381 e. The number of ether oxygens (including phenoxy) is 2. The van der Waals surface area contributed by atoms with E-state index in [1.807, 2.05) is 17.0 Å². The van der Waals surface area contributed by atoms with Gasteiger partial charge in [0.05, 0.1) is 12.6 Å². The number of rotatable bonds is 9. The molecule has 7 nitrogen and oxygen atoms in total. The van der Waals surface area contributed by atoms with Crippen LogP contribution in [-0.4, -0.2) is 57.4 Å². The number of nitrogens with one attached hydrogen (secondary N) is 2. The first-order valence-electron chi connectivity index (χ1n) is 10.9. The number of anilines is 1. The number of guanidine groups is 1. The second-order valence-electron chi connectivity index (χ2n) is 7.47. The molecule has 160 valence electrons. The van der Waals surface area contributed by atoms with Crippen molar-refractivity contribution in [2.24, 2.45) is 4.99 Å². The monoisotopic (exact) mass is 402 g/mol. The Morgan fingerprint density at radius 3 is 2.72 bits per heavy atom. The molecule has 2 fully saturated rings. The normalized spacial score (nSPS) is 18.3. The Morgan fingerprint density at radius 2 is 2.03 bits per heavy atom. The first-order valence-corrected chi connectivity index (χ1v) is 10.9. The zero-order valence-electron chi connectivity index (χ0n) is 17.5. The van der Waals surface area contributed by atoms with Crippen LogP contribution in [0.25, 0.3) is 0 Å². The van der Waals surface area contributed by atoms with E-state index in [-0.39, 0.29) is 5.91 Å². The maximum Gasteiger partial charge on any atom is 0.227 e. The van der Waals surface area contributed by atoms with E-state index in [0.717, 1.165) is 82.3 Å². The number of amides is 1. The van der Waals surface area contributed by atoms with Gasteiger partial charge in [0.25, 0.3) is 0 Å². The van der Waals surface area contributed by atoms with E-state index in [2.05, 4.69) is 34.7 Å². The fourth-order valence-electron chi connectivity index (χ4n) is 3.59. The van der Waals surface area contributed by atoms with Crippen LogP contribution in [0, 0.1) is 0 Å². The van der Waals surface area contributed by atoms with E-state index in [4.69, 9.17) is 9.47 Å². The van der Waals surface area contributed by atoms with Crippen LogP contribution in [0.1, 0.15) is 44.6 Å². The lowest BCUT2D eigenvalue weighted by Gasteiger charge is -2.22. The van der Waals surface area contributed by atoms with Crippen molar-refractivity contribution in [1.29, 1.82) is 0 Å². The predicted octanol–water partition coefficient (Wildman–Crippen LogP) is 2.45. The molecule has 1 aromatic carbocycles. The zero-order valence-corrected chi connectivity index (χ0v) is 17.5. The smallest absolute Gasteiger partial charge is 0.227 e. The number of hydrogen-bond acceptors (Lipinski definition) is 4. The van der Waals surface area contributed by atoms with Gasteiger partial charge in [0.1, 0.15) is 0 Å². The molecule has 0 unspecified atom stereocenters. The molecule has 0 aliphatic carbocycles. The van der Waals surface area contributed by atoms with Gasteiger partial charge in [-0.3, -0.25) is 4.79 Å². The molecular formula is C22H34N4O3. The maximum absolute atomic E-state index is 11.9. The summed E-state index contributed by atoms with van der Waals surface area (Å²) in [5.41, 5.74) is 2.11. The van der Waals surface area contributed by atoms with Crippen molar-refractivity contribution in [2.75, 3.05) is 44.4 Å². The van der Waals surface area contributed by atoms with E-state index in [1.165, 1.54) is 0 Å². The summed E-state index contributed by atoms with van der Waals surface area (Å²) in [4.78, 5) is 18.4. The summed E-state index contributed by atoms with van der Waals surface area (Å²) in [6.07, 6.45) is 4.90. The van der Waals surface area contributed by atoms with Crippen LogP contribution in [-0.2, 0) is 20.8 Å². The average Bonchev–Trinajstić information content (AvgIpc) is 3.18. The van der Waals surface area contributed by atoms with Crippen molar-refractivity contribution in [1.82, 2.24) is 10.6 Å². The van der Waals surface area contributed by atoms with Crippen molar-refractivity contribution >= 4 is 17.6 Å². The largest absolute Gasteiger partial charge is 0.381 e. The second kappa shape index (κ2) is 11.8. The fourth-order valence-corrected chi connectivity index (χ4v) is 3.59. The number of benzene rings is 1. The molecule has 0 radical (unpaired) electrons. The van der Waals surface area contributed by atoms with Crippen LogP contribution in [0.15, 0.2) is 29.3 Å². The van der Waals surface area contributed by atoms with Crippen molar-refractivity contribution in [3.05, 3.63) is 29.8 Å². The average molecular weight is 403 g/mol. The van der Waals surface area contributed by atoms with Crippen LogP contribution in [0.5, 0.6) is 0 Å². The highest BCUT2D eigenvalue weighted by molar-refractivity contribution is 5.95. The van der Waals surface area contributed by atoms with Crippen molar-refractivity contribution in [3.8, 4) is 0 Å². The number of nitrogens with zero attached hydrogens (tertiary/aromatic N) is 2. The van der Waals surface area contributed by atoms with Crippen LogP contribution in [0.4, 0.5) is 5.69 Å². The van der Waals surface area contributed by atoms with E-state index < -0.39 is 0 Å². The fraction of sp³-hybridized carbons (Fsp3) is 0.636. The van der Waals surface area contributed by atoms with Gasteiger partial charge in [0, 0.05) is 51.6 Å². The zero-order chi connectivity index (χ0) is 20.3. The van der Waals surface area contributed by atoms with Crippen molar-refractivity contribution in [2.45, 2.75) is 51.7 Å².